The minimum absolute atomic E-state index is 0.0735. The van der Waals surface area contributed by atoms with Crippen molar-refractivity contribution in [1.29, 1.82) is 0 Å². The number of thiazole rings is 1. The zero-order valence-corrected chi connectivity index (χ0v) is 29.1. The van der Waals surface area contributed by atoms with Crippen LogP contribution in [0.3, 0.4) is 0 Å². The molecule has 0 atom stereocenters. The van der Waals surface area contributed by atoms with Crippen LogP contribution >= 0.6 is 46.2 Å². The van der Waals surface area contributed by atoms with Gasteiger partial charge >= 0.3 is 0 Å². The van der Waals surface area contributed by atoms with Gasteiger partial charge in [0.25, 0.3) is 5.56 Å². The number of hydrogen-bond acceptors (Lipinski definition) is 9. The first-order chi connectivity index (χ1) is 22.8. The summed E-state index contributed by atoms with van der Waals surface area (Å²) in [6.07, 6.45) is 4.11. The Morgan fingerprint density at radius 1 is 0.872 bits per heavy atom. The van der Waals surface area contributed by atoms with Gasteiger partial charge in [-0.25, -0.2) is 9.97 Å². The Labute approximate surface area is 288 Å². The van der Waals surface area contributed by atoms with Crippen molar-refractivity contribution < 1.29 is 9.59 Å². The number of hydrogen-bond donors (Lipinski definition) is 2. The van der Waals surface area contributed by atoms with Crippen LogP contribution in [-0.4, -0.2) is 37.9 Å². The molecule has 1 aliphatic rings. The summed E-state index contributed by atoms with van der Waals surface area (Å²) in [7, 11) is 0. The van der Waals surface area contributed by atoms with Gasteiger partial charge in [0.15, 0.2) is 9.50 Å². The van der Waals surface area contributed by atoms with Gasteiger partial charge < -0.3 is 10.6 Å². The van der Waals surface area contributed by atoms with E-state index in [9.17, 15) is 14.4 Å². The molecular formula is C35H31N5O3S4. The number of benzene rings is 3. The van der Waals surface area contributed by atoms with E-state index in [1.54, 1.807) is 15.9 Å². The van der Waals surface area contributed by atoms with E-state index in [0.717, 1.165) is 78.5 Å². The molecule has 3 aromatic carbocycles. The summed E-state index contributed by atoms with van der Waals surface area (Å²) >= 11 is 5.74. The number of aromatic nitrogens is 3. The molecule has 238 valence electrons. The molecule has 0 saturated heterocycles. The Balaban J connectivity index is 1.03. The van der Waals surface area contributed by atoms with Gasteiger partial charge in [0.2, 0.25) is 11.8 Å². The van der Waals surface area contributed by atoms with E-state index in [2.05, 4.69) is 15.6 Å². The molecule has 2 amide bonds. The second-order valence-corrected chi connectivity index (χ2v) is 15.7. The maximum Gasteiger partial charge on any atom is 0.267 e. The van der Waals surface area contributed by atoms with Gasteiger partial charge in [0.1, 0.15) is 4.83 Å². The highest BCUT2D eigenvalue weighted by Crippen LogP contribution is 2.36. The fourth-order valence-electron chi connectivity index (χ4n) is 5.73. The largest absolute Gasteiger partial charge is 0.325 e. The number of nitrogens with one attached hydrogen (secondary N) is 2. The summed E-state index contributed by atoms with van der Waals surface area (Å²) in [5, 5.41) is 7.19. The number of nitrogens with zero attached hydrogens (tertiary/aromatic N) is 3. The highest BCUT2D eigenvalue weighted by molar-refractivity contribution is 8.01. The molecule has 3 aromatic heterocycles. The number of thioether (sulfide) groups is 2. The first kappa shape index (κ1) is 31.6. The Hall–Kier alpha value is -3.97. The number of rotatable bonds is 9. The van der Waals surface area contributed by atoms with E-state index in [4.69, 9.17) is 4.98 Å². The molecule has 47 heavy (non-hydrogen) atoms. The minimum atomic E-state index is -0.198. The van der Waals surface area contributed by atoms with Crippen LogP contribution in [0.5, 0.6) is 0 Å². The summed E-state index contributed by atoms with van der Waals surface area (Å²) < 4.78 is 3.34. The smallest absolute Gasteiger partial charge is 0.267 e. The van der Waals surface area contributed by atoms with Gasteiger partial charge in [0, 0.05) is 16.3 Å². The van der Waals surface area contributed by atoms with E-state index >= 15 is 0 Å². The first-order valence-corrected chi connectivity index (χ1v) is 18.9. The van der Waals surface area contributed by atoms with Crippen molar-refractivity contribution in [1.82, 2.24) is 14.5 Å². The zero-order valence-electron chi connectivity index (χ0n) is 25.8. The summed E-state index contributed by atoms with van der Waals surface area (Å²) in [5.74, 6) is 0.0519. The van der Waals surface area contributed by atoms with E-state index in [1.165, 1.54) is 39.7 Å². The summed E-state index contributed by atoms with van der Waals surface area (Å²) in [4.78, 5) is 51.3. The summed E-state index contributed by atoms with van der Waals surface area (Å²) in [6.45, 7) is 4.00. The van der Waals surface area contributed by atoms with E-state index in [-0.39, 0.29) is 28.9 Å². The number of aryl methyl sites for hydroxylation is 4. The topological polar surface area (TPSA) is 106 Å². The van der Waals surface area contributed by atoms with Gasteiger partial charge in [-0.2, -0.15) is 0 Å². The number of thiophene rings is 1. The molecule has 7 rings (SSSR count). The highest BCUT2D eigenvalue weighted by atomic mass is 32.2. The predicted molar refractivity (Wildman–Crippen MR) is 196 cm³/mol. The van der Waals surface area contributed by atoms with Crippen molar-refractivity contribution in [2.45, 2.75) is 49.0 Å². The Morgan fingerprint density at radius 3 is 2.49 bits per heavy atom. The second kappa shape index (κ2) is 13.6. The molecule has 0 saturated carbocycles. The predicted octanol–water partition coefficient (Wildman–Crippen LogP) is 8.01. The fraction of sp³-hybridized carbons (Fsp3) is 0.229. The van der Waals surface area contributed by atoms with Crippen molar-refractivity contribution in [3.8, 4) is 5.69 Å². The van der Waals surface area contributed by atoms with E-state index in [1.807, 2.05) is 80.6 Å². The normalized spacial score (nSPS) is 12.7. The molecule has 1 aliphatic carbocycles. The Kier molecular flexibility index (Phi) is 9.17. The Bertz CT molecular complexity index is 2210. The average Bonchev–Trinajstić information content (AvgIpc) is 3.65. The summed E-state index contributed by atoms with van der Waals surface area (Å²) in [5.41, 5.74) is 6.27. The second-order valence-electron chi connectivity index (χ2n) is 11.4. The monoisotopic (exact) mass is 697 g/mol. The number of carbonyl (C=O) groups excluding carboxylic acids is 2. The van der Waals surface area contributed by atoms with Crippen molar-refractivity contribution in [2.24, 2.45) is 0 Å². The van der Waals surface area contributed by atoms with E-state index < -0.39 is 0 Å². The van der Waals surface area contributed by atoms with Crippen LogP contribution in [0, 0.1) is 13.8 Å². The molecule has 8 nitrogen and oxygen atoms in total. The first-order valence-electron chi connectivity index (χ1n) is 15.3. The minimum Gasteiger partial charge on any atom is -0.325 e. The lowest BCUT2D eigenvalue weighted by molar-refractivity contribution is -0.114. The SMILES string of the molecule is Cc1ccc(NC(=O)CSc2nc3ccc(NC(=O)CSc4nc5sc6c(c5c(=O)n4-c4ccccc4)CCCC6)cc3s2)c(C)c1. The van der Waals surface area contributed by atoms with Crippen LogP contribution in [0.2, 0.25) is 0 Å². The molecule has 6 aromatic rings. The van der Waals surface area contributed by atoms with Crippen molar-refractivity contribution in [3.05, 3.63) is 98.7 Å². The van der Waals surface area contributed by atoms with Crippen molar-refractivity contribution >= 4 is 89.8 Å². The average molecular weight is 698 g/mol. The molecule has 0 unspecified atom stereocenters. The molecule has 0 radical (unpaired) electrons. The maximum absolute atomic E-state index is 13.9. The fourth-order valence-corrected chi connectivity index (χ4v) is 9.75. The zero-order chi connectivity index (χ0) is 32.5. The van der Waals surface area contributed by atoms with E-state index in [0.29, 0.717) is 10.8 Å². The molecule has 0 aliphatic heterocycles. The third-order valence-corrected chi connectivity index (χ3v) is 12.2. The van der Waals surface area contributed by atoms with Gasteiger partial charge in [-0.1, -0.05) is 59.4 Å². The van der Waals surface area contributed by atoms with Gasteiger partial charge in [-0.05, 0) is 87.1 Å². The van der Waals surface area contributed by atoms with Gasteiger partial charge in [0.05, 0.1) is 32.8 Å². The molecule has 0 spiro atoms. The van der Waals surface area contributed by atoms with Crippen LogP contribution in [-0.2, 0) is 22.4 Å². The number of anilines is 2. The number of amides is 2. The molecular weight excluding hydrogens is 667 g/mol. The van der Waals surface area contributed by atoms with Crippen LogP contribution in [0.25, 0.3) is 26.1 Å². The lowest BCUT2D eigenvalue weighted by Gasteiger charge is -2.13. The molecule has 0 fully saturated rings. The number of para-hydroxylation sites is 1. The third kappa shape index (κ3) is 6.87. The van der Waals surface area contributed by atoms with Crippen LogP contribution in [0.15, 0.2) is 81.0 Å². The molecule has 2 N–H and O–H groups in total. The molecule has 3 heterocycles. The van der Waals surface area contributed by atoms with Gasteiger partial charge in [-0.15, -0.1) is 22.7 Å². The lowest BCUT2D eigenvalue weighted by atomic mass is 9.97. The molecule has 0 bridgehead atoms. The standard InChI is InChI=1S/C35H31N5O3S4/c1-20-12-14-25(21(2)16-20)37-30(42)19-45-35-38-26-15-13-22(17-28(26)47-35)36-29(41)18-44-34-39-32-31(24-10-6-7-11-27(24)46-32)33(43)40(34)23-8-4-3-5-9-23/h3-5,8-9,12-17H,6-7,10-11,18-19H2,1-2H3,(H,36,41)(H,37,42). The van der Waals surface area contributed by atoms with Crippen molar-refractivity contribution in [3.63, 3.8) is 0 Å². The van der Waals surface area contributed by atoms with Crippen LogP contribution in [0.4, 0.5) is 11.4 Å². The summed E-state index contributed by atoms with van der Waals surface area (Å²) in [6, 6.07) is 21.0. The van der Waals surface area contributed by atoms with Crippen molar-refractivity contribution in [2.75, 3.05) is 22.1 Å². The highest BCUT2D eigenvalue weighted by Gasteiger charge is 2.23. The van der Waals surface area contributed by atoms with Crippen LogP contribution in [0.1, 0.15) is 34.4 Å². The lowest BCUT2D eigenvalue weighted by Crippen LogP contribution is -2.23. The molecule has 12 heteroatoms. The van der Waals surface area contributed by atoms with Crippen LogP contribution < -0.4 is 16.2 Å². The number of fused-ring (bicyclic) bond motifs is 4. The quantitative estimate of drug-likeness (QED) is 0.116. The number of carbonyl (C=O) groups is 2. The maximum atomic E-state index is 13.9. The van der Waals surface area contributed by atoms with Gasteiger partial charge in [-0.3, -0.25) is 19.0 Å². The third-order valence-electron chi connectivity index (χ3n) is 7.94. The Morgan fingerprint density at radius 2 is 1.66 bits per heavy atom.